The number of hydrogen-bond acceptors (Lipinski definition) is 9. The van der Waals surface area contributed by atoms with E-state index in [1.165, 1.54) is 0 Å². The van der Waals surface area contributed by atoms with Crippen molar-refractivity contribution >= 4 is 40.4 Å². The molecule has 11 heteroatoms. The van der Waals surface area contributed by atoms with E-state index in [0.29, 0.717) is 45.0 Å². The van der Waals surface area contributed by atoms with Gasteiger partial charge in [-0.05, 0) is 66.9 Å². The van der Waals surface area contributed by atoms with E-state index in [2.05, 4.69) is 44.4 Å². The highest BCUT2D eigenvalue weighted by Crippen LogP contribution is 2.43. The first kappa shape index (κ1) is 30.1. The Morgan fingerprint density at radius 3 is 2.38 bits per heavy atom. The van der Waals surface area contributed by atoms with Gasteiger partial charge in [0.05, 0.1) is 36.0 Å². The van der Waals surface area contributed by atoms with E-state index in [-0.39, 0.29) is 30.3 Å². The average Bonchev–Trinajstić information content (AvgIpc) is 3.36. The fourth-order valence-electron chi connectivity index (χ4n) is 6.95. The first-order chi connectivity index (χ1) is 23.5. The van der Waals surface area contributed by atoms with Crippen molar-refractivity contribution in [1.29, 1.82) is 0 Å². The van der Waals surface area contributed by atoms with Gasteiger partial charge < -0.3 is 40.4 Å². The van der Waals surface area contributed by atoms with Crippen molar-refractivity contribution in [3.8, 4) is 33.8 Å². The molecule has 1 aromatic heterocycles. The van der Waals surface area contributed by atoms with Crippen molar-refractivity contribution < 1.29 is 23.8 Å². The number of benzene rings is 3. The molecule has 1 saturated heterocycles. The lowest BCUT2D eigenvalue weighted by molar-refractivity contribution is -0.117. The molecule has 246 valence electrons. The Bertz CT molecular complexity index is 1870. The number of carbonyl (C=O) groups is 2. The number of morpholine rings is 1. The van der Waals surface area contributed by atoms with E-state index >= 15 is 0 Å². The monoisotopic (exact) mass is 646 g/mol. The van der Waals surface area contributed by atoms with Crippen LogP contribution in [-0.4, -0.2) is 68.4 Å². The summed E-state index contributed by atoms with van der Waals surface area (Å²) < 4.78 is 17.2. The summed E-state index contributed by atoms with van der Waals surface area (Å²) in [4.78, 5) is 33.1. The highest BCUT2D eigenvalue weighted by atomic mass is 16.6. The fraction of sp³-hybridized carbons (Fsp3) is 0.324. The Hall–Kier alpha value is -5.29. The van der Waals surface area contributed by atoms with Gasteiger partial charge in [-0.1, -0.05) is 18.2 Å². The first-order valence-electron chi connectivity index (χ1n) is 16.6. The summed E-state index contributed by atoms with van der Waals surface area (Å²) in [5.74, 6) is 2.24. The maximum Gasteiger partial charge on any atom is 0.226 e. The van der Waals surface area contributed by atoms with Crippen LogP contribution in [0, 0.1) is 0 Å². The summed E-state index contributed by atoms with van der Waals surface area (Å²) >= 11 is 0. The van der Waals surface area contributed by atoms with Crippen molar-refractivity contribution in [1.82, 2.24) is 4.98 Å². The van der Waals surface area contributed by atoms with Crippen molar-refractivity contribution in [2.45, 2.75) is 38.3 Å². The lowest BCUT2D eigenvalue weighted by Crippen LogP contribution is -2.36. The molecule has 5 heterocycles. The second-order valence-electron chi connectivity index (χ2n) is 12.8. The third-order valence-corrected chi connectivity index (χ3v) is 9.20. The molecule has 48 heavy (non-hydrogen) atoms. The van der Waals surface area contributed by atoms with Crippen LogP contribution in [0.3, 0.4) is 0 Å². The molecule has 0 bridgehead atoms. The predicted octanol–water partition coefficient (Wildman–Crippen LogP) is 5.53. The summed E-state index contributed by atoms with van der Waals surface area (Å²) in [6.07, 6.45) is 3.08. The lowest BCUT2D eigenvalue weighted by Gasteiger charge is -2.28. The molecule has 1 fully saturated rings. The number of nitrogens with zero attached hydrogens (tertiary/aromatic N) is 2. The zero-order chi connectivity index (χ0) is 32.6. The number of ether oxygens (including phenoxy) is 3. The Kier molecular flexibility index (Phi) is 7.97. The van der Waals surface area contributed by atoms with Crippen molar-refractivity contribution in [3.63, 3.8) is 0 Å². The van der Waals surface area contributed by atoms with Gasteiger partial charge in [0, 0.05) is 60.9 Å². The Labute approximate surface area is 279 Å². The van der Waals surface area contributed by atoms with Crippen LogP contribution in [0.4, 0.5) is 28.6 Å². The maximum absolute atomic E-state index is 13.2. The summed E-state index contributed by atoms with van der Waals surface area (Å²) in [6.45, 7) is 6.06. The molecule has 0 spiro atoms. The number of rotatable bonds is 5. The van der Waals surface area contributed by atoms with Crippen LogP contribution < -0.4 is 35.6 Å². The number of pyridine rings is 1. The Morgan fingerprint density at radius 2 is 1.54 bits per heavy atom. The molecular weight excluding hydrogens is 608 g/mol. The minimum atomic E-state index is -0.215. The van der Waals surface area contributed by atoms with Crippen molar-refractivity contribution in [3.05, 3.63) is 72.4 Å². The topological polar surface area (TPSA) is 126 Å². The minimum Gasteiger partial charge on any atom is -0.486 e. The molecule has 3 aromatic carbocycles. The summed E-state index contributed by atoms with van der Waals surface area (Å²) in [7, 11) is 0. The van der Waals surface area contributed by atoms with Crippen molar-refractivity contribution in [2.24, 2.45) is 0 Å². The van der Waals surface area contributed by atoms with Crippen LogP contribution in [-0.2, 0) is 20.7 Å². The van der Waals surface area contributed by atoms with Crippen LogP contribution in [0.1, 0.15) is 25.3 Å². The number of hydrogen-bond donors (Lipinski definition) is 4. The van der Waals surface area contributed by atoms with Gasteiger partial charge >= 0.3 is 0 Å². The number of amides is 2. The molecule has 4 aliphatic heterocycles. The molecule has 2 atom stereocenters. The molecule has 0 aliphatic carbocycles. The molecule has 4 aromatic rings. The highest BCUT2D eigenvalue weighted by Gasteiger charge is 2.27. The SMILES string of the molecule is C[C@@H]1CC(=O)Nc2cc(C[C@@H]3CC(=O)Nc4cccc(-c5ccc(N6CCOCC6)nc5)c4N3)cc(-c3ccc4c(c3)OCCO4)c2N1. The number of aromatic nitrogens is 1. The van der Waals surface area contributed by atoms with Gasteiger partial charge in [0.15, 0.2) is 11.5 Å². The molecule has 2 amide bonds. The third-order valence-electron chi connectivity index (χ3n) is 9.20. The predicted molar refractivity (Wildman–Crippen MR) is 186 cm³/mol. The Morgan fingerprint density at radius 1 is 0.771 bits per heavy atom. The zero-order valence-electron chi connectivity index (χ0n) is 26.8. The van der Waals surface area contributed by atoms with E-state index < -0.39 is 0 Å². The Balaban J connectivity index is 1.13. The van der Waals surface area contributed by atoms with E-state index in [0.717, 1.165) is 75.2 Å². The smallest absolute Gasteiger partial charge is 0.226 e. The maximum atomic E-state index is 13.2. The summed E-state index contributed by atoms with van der Waals surface area (Å²) in [6, 6.07) is 19.9. The summed E-state index contributed by atoms with van der Waals surface area (Å²) in [5.41, 5.74) is 7.97. The van der Waals surface area contributed by atoms with E-state index in [9.17, 15) is 9.59 Å². The van der Waals surface area contributed by atoms with Gasteiger partial charge in [0.2, 0.25) is 11.8 Å². The average molecular weight is 647 g/mol. The van der Waals surface area contributed by atoms with Crippen LogP contribution >= 0.6 is 0 Å². The molecule has 0 saturated carbocycles. The first-order valence-corrected chi connectivity index (χ1v) is 16.6. The zero-order valence-corrected chi connectivity index (χ0v) is 26.8. The number of anilines is 5. The molecule has 11 nitrogen and oxygen atoms in total. The van der Waals surface area contributed by atoms with Gasteiger partial charge in [-0.3, -0.25) is 9.59 Å². The van der Waals surface area contributed by atoms with Gasteiger partial charge in [-0.2, -0.15) is 0 Å². The van der Waals surface area contributed by atoms with E-state index in [1.54, 1.807) is 0 Å². The molecule has 0 unspecified atom stereocenters. The second kappa shape index (κ2) is 12.7. The number of nitrogens with one attached hydrogen (secondary N) is 4. The van der Waals surface area contributed by atoms with Crippen molar-refractivity contribution in [2.75, 3.05) is 65.7 Å². The van der Waals surface area contributed by atoms with Crippen LogP contribution in [0.25, 0.3) is 22.3 Å². The highest BCUT2D eigenvalue weighted by molar-refractivity contribution is 6.02. The molecule has 4 N–H and O–H groups in total. The second-order valence-corrected chi connectivity index (χ2v) is 12.8. The molecular formula is C37H38N6O5. The number of fused-ring (bicyclic) bond motifs is 3. The largest absolute Gasteiger partial charge is 0.486 e. The third kappa shape index (κ3) is 6.09. The number of carbonyl (C=O) groups excluding carboxylic acids is 2. The van der Waals surface area contributed by atoms with E-state index in [4.69, 9.17) is 19.2 Å². The summed E-state index contributed by atoms with van der Waals surface area (Å²) in [5, 5.41) is 13.5. The van der Waals surface area contributed by atoms with Gasteiger partial charge in [-0.25, -0.2) is 4.98 Å². The minimum absolute atomic E-state index is 0.0437. The van der Waals surface area contributed by atoms with Crippen LogP contribution in [0.2, 0.25) is 0 Å². The van der Waals surface area contributed by atoms with Crippen LogP contribution in [0.5, 0.6) is 11.5 Å². The van der Waals surface area contributed by atoms with Gasteiger partial charge in [-0.15, -0.1) is 0 Å². The van der Waals surface area contributed by atoms with Gasteiger partial charge in [0.1, 0.15) is 19.0 Å². The standard InChI is InChI=1S/C37H38N6O5/c1-22-15-34(44)42-30-18-23(17-28(37(30)39-22)24-5-7-31-32(19-24)48-14-13-47-31)16-26-20-35(45)41-29-4-2-3-27(36(29)40-26)25-6-8-33(38-21-25)43-9-11-46-12-10-43/h2-8,17-19,21-22,26,39-40H,9-16,20H2,1H3,(H,41,45)(H,42,44)/t22-,26-/m1/s1. The van der Waals surface area contributed by atoms with E-state index in [1.807, 2.05) is 55.6 Å². The molecule has 4 aliphatic rings. The lowest BCUT2D eigenvalue weighted by atomic mass is 9.94. The van der Waals surface area contributed by atoms with Gasteiger partial charge in [0.25, 0.3) is 0 Å². The molecule has 0 radical (unpaired) electrons. The van der Waals surface area contributed by atoms with Crippen LogP contribution in [0.15, 0.2) is 66.9 Å². The fourth-order valence-corrected chi connectivity index (χ4v) is 6.95. The normalized spacial score (nSPS) is 20.1. The molecule has 8 rings (SSSR count). The number of para-hydroxylation sites is 1. The quantitative estimate of drug-likeness (QED) is 0.221.